The SMILES string of the molecule is CCc1ccccc1-n1nc(C2CCCC2)nc1[C@H]1CC[C@@H](N)[C@H](O)C1.Cl. The van der Waals surface area contributed by atoms with Gasteiger partial charge in [-0.25, -0.2) is 9.67 Å². The molecule has 1 heterocycles. The molecule has 0 aliphatic heterocycles. The number of rotatable bonds is 4. The number of aromatic nitrogens is 3. The molecule has 2 aromatic rings. The Morgan fingerprint density at radius 3 is 2.56 bits per heavy atom. The molecule has 5 nitrogen and oxygen atoms in total. The fourth-order valence-electron chi connectivity index (χ4n) is 4.56. The van der Waals surface area contributed by atoms with Crippen molar-refractivity contribution in [2.24, 2.45) is 5.73 Å². The molecule has 2 saturated carbocycles. The third-order valence-corrected chi connectivity index (χ3v) is 6.20. The summed E-state index contributed by atoms with van der Waals surface area (Å²) in [5, 5.41) is 15.3. The van der Waals surface area contributed by atoms with Crippen molar-refractivity contribution < 1.29 is 5.11 Å². The minimum Gasteiger partial charge on any atom is -0.391 e. The van der Waals surface area contributed by atoms with Crippen LogP contribution in [0.15, 0.2) is 24.3 Å². The minimum atomic E-state index is -0.449. The molecule has 1 aromatic carbocycles. The second-order valence-corrected chi connectivity index (χ2v) is 7.94. The number of para-hydroxylation sites is 1. The second kappa shape index (κ2) is 8.72. The highest BCUT2D eigenvalue weighted by Crippen LogP contribution is 2.37. The van der Waals surface area contributed by atoms with Gasteiger partial charge in [0.1, 0.15) is 5.82 Å². The Morgan fingerprint density at radius 1 is 1.11 bits per heavy atom. The molecule has 1 aromatic heterocycles. The lowest BCUT2D eigenvalue weighted by atomic mass is 9.83. The van der Waals surface area contributed by atoms with Crippen LogP contribution in [0.3, 0.4) is 0 Å². The van der Waals surface area contributed by atoms with Crippen molar-refractivity contribution in [1.82, 2.24) is 14.8 Å². The standard InChI is InChI=1S/C21H30N4O.ClH/c1-2-14-7-5-6-10-18(14)25-21(16-11-12-17(22)19(26)13-16)23-20(24-25)15-8-3-4-9-15;/h5-7,10,15-17,19,26H,2-4,8-9,11-13,22H2,1H3;1H/t16-,17+,19+;/m0./s1. The van der Waals surface area contributed by atoms with Crippen molar-refractivity contribution in [3.63, 3.8) is 0 Å². The zero-order valence-electron chi connectivity index (χ0n) is 16.1. The number of hydrogen-bond donors (Lipinski definition) is 2. The molecule has 148 valence electrons. The highest BCUT2D eigenvalue weighted by molar-refractivity contribution is 5.85. The summed E-state index contributed by atoms with van der Waals surface area (Å²) in [6.45, 7) is 2.18. The molecular weight excluding hydrogens is 360 g/mol. The van der Waals surface area contributed by atoms with Gasteiger partial charge >= 0.3 is 0 Å². The van der Waals surface area contributed by atoms with E-state index in [0.717, 1.165) is 36.6 Å². The first kappa shape index (κ1) is 20.3. The highest BCUT2D eigenvalue weighted by atomic mass is 35.5. The summed E-state index contributed by atoms with van der Waals surface area (Å²) in [5.41, 5.74) is 8.44. The molecule has 0 amide bonds. The van der Waals surface area contributed by atoms with E-state index in [2.05, 4.69) is 35.9 Å². The molecule has 6 heteroatoms. The zero-order chi connectivity index (χ0) is 18.1. The van der Waals surface area contributed by atoms with E-state index >= 15 is 0 Å². The fraction of sp³-hybridized carbons (Fsp3) is 0.619. The lowest BCUT2D eigenvalue weighted by Gasteiger charge is -2.30. The van der Waals surface area contributed by atoms with E-state index in [-0.39, 0.29) is 24.4 Å². The van der Waals surface area contributed by atoms with Gasteiger partial charge in [-0.1, -0.05) is 38.0 Å². The molecule has 0 spiro atoms. The summed E-state index contributed by atoms with van der Waals surface area (Å²) in [7, 11) is 0. The van der Waals surface area contributed by atoms with Crippen LogP contribution in [0.1, 0.15) is 80.9 Å². The third kappa shape index (κ3) is 4.05. The van der Waals surface area contributed by atoms with Crippen LogP contribution < -0.4 is 5.73 Å². The predicted molar refractivity (Wildman–Crippen MR) is 110 cm³/mol. The molecular formula is C21H31ClN4O. The lowest BCUT2D eigenvalue weighted by Crippen LogP contribution is -2.40. The third-order valence-electron chi connectivity index (χ3n) is 6.20. The molecule has 4 rings (SSSR count). The van der Waals surface area contributed by atoms with Gasteiger partial charge in [-0.05, 0) is 50.2 Å². The van der Waals surface area contributed by atoms with E-state index in [9.17, 15) is 5.11 Å². The Kier molecular flexibility index (Phi) is 6.56. The van der Waals surface area contributed by atoms with Crippen LogP contribution in [-0.2, 0) is 6.42 Å². The van der Waals surface area contributed by atoms with Crippen molar-refractivity contribution in [2.45, 2.75) is 82.3 Å². The molecule has 3 atom stereocenters. The molecule has 0 unspecified atom stereocenters. The monoisotopic (exact) mass is 390 g/mol. The fourth-order valence-corrected chi connectivity index (χ4v) is 4.56. The predicted octanol–water partition coefficient (Wildman–Crippen LogP) is 3.86. The van der Waals surface area contributed by atoms with E-state index in [0.29, 0.717) is 12.3 Å². The second-order valence-electron chi connectivity index (χ2n) is 7.94. The molecule has 3 N–H and O–H groups in total. The van der Waals surface area contributed by atoms with Crippen molar-refractivity contribution >= 4 is 12.4 Å². The van der Waals surface area contributed by atoms with Gasteiger partial charge in [0.25, 0.3) is 0 Å². The minimum absolute atomic E-state index is 0. The van der Waals surface area contributed by atoms with Crippen molar-refractivity contribution in [1.29, 1.82) is 0 Å². The van der Waals surface area contributed by atoms with Gasteiger partial charge in [-0.15, -0.1) is 12.4 Å². The van der Waals surface area contributed by atoms with E-state index in [1.165, 1.54) is 31.2 Å². The highest BCUT2D eigenvalue weighted by Gasteiger charge is 2.33. The maximum absolute atomic E-state index is 10.3. The molecule has 2 aliphatic rings. The average molecular weight is 391 g/mol. The van der Waals surface area contributed by atoms with Gasteiger partial charge in [0.05, 0.1) is 11.8 Å². The first-order valence-corrected chi connectivity index (χ1v) is 10.2. The van der Waals surface area contributed by atoms with Gasteiger partial charge < -0.3 is 10.8 Å². The summed E-state index contributed by atoms with van der Waals surface area (Å²) in [5.74, 6) is 2.71. The Hall–Kier alpha value is -1.43. The van der Waals surface area contributed by atoms with E-state index in [1.54, 1.807) is 0 Å². The molecule has 27 heavy (non-hydrogen) atoms. The van der Waals surface area contributed by atoms with E-state index in [1.807, 2.05) is 0 Å². The van der Waals surface area contributed by atoms with Crippen LogP contribution in [0, 0.1) is 0 Å². The molecule has 2 fully saturated rings. The van der Waals surface area contributed by atoms with Gasteiger partial charge in [0.15, 0.2) is 5.82 Å². The number of halogens is 1. The Bertz CT molecular complexity index is 756. The number of nitrogens with zero attached hydrogens (tertiary/aromatic N) is 3. The Labute approximate surface area is 167 Å². The molecule has 2 aliphatic carbocycles. The maximum atomic E-state index is 10.3. The summed E-state index contributed by atoms with van der Waals surface area (Å²) >= 11 is 0. The molecule has 0 bridgehead atoms. The van der Waals surface area contributed by atoms with E-state index < -0.39 is 6.10 Å². The number of hydrogen-bond acceptors (Lipinski definition) is 4. The number of aliphatic hydroxyl groups excluding tert-OH is 1. The lowest BCUT2D eigenvalue weighted by molar-refractivity contribution is 0.0961. The first-order valence-electron chi connectivity index (χ1n) is 10.2. The van der Waals surface area contributed by atoms with Crippen LogP contribution in [-0.4, -0.2) is 32.0 Å². The van der Waals surface area contributed by atoms with Gasteiger partial charge in [-0.2, -0.15) is 5.10 Å². The average Bonchev–Trinajstić information content (AvgIpc) is 3.33. The largest absolute Gasteiger partial charge is 0.391 e. The Balaban J connectivity index is 0.00000210. The van der Waals surface area contributed by atoms with Gasteiger partial charge in [0, 0.05) is 17.9 Å². The molecule has 0 saturated heterocycles. The number of aliphatic hydroxyl groups is 1. The smallest absolute Gasteiger partial charge is 0.154 e. The van der Waals surface area contributed by atoms with Crippen molar-refractivity contribution in [3.8, 4) is 5.69 Å². The van der Waals surface area contributed by atoms with Crippen molar-refractivity contribution in [2.75, 3.05) is 0 Å². The number of benzene rings is 1. The summed E-state index contributed by atoms with van der Waals surface area (Å²) in [4.78, 5) is 5.03. The normalized spacial score (nSPS) is 26.1. The summed E-state index contributed by atoms with van der Waals surface area (Å²) in [6.07, 6.45) is 7.94. The van der Waals surface area contributed by atoms with Crippen molar-refractivity contribution in [3.05, 3.63) is 41.5 Å². The van der Waals surface area contributed by atoms with Crippen LogP contribution in [0.5, 0.6) is 0 Å². The van der Waals surface area contributed by atoms with E-state index in [4.69, 9.17) is 15.8 Å². The summed E-state index contributed by atoms with van der Waals surface area (Å²) in [6, 6.07) is 8.35. The first-order chi connectivity index (χ1) is 12.7. The van der Waals surface area contributed by atoms with Gasteiger partial charge in [-0.3, -0.25) is 0 Å². The summed E-state index contributed by atoms with van der Waals surface area (Å²) < 4.78 is 2.07. The topological polar surface area (TPSA) is 77.0 Å². The van der Waals surface area contributed by atoms with Crippen LogP contribution in [0.25, 0.3) is 5.69 Å². The molecule has 0 radical (unpaired) electrons. The maximum Gasteiger partial charge on any atom is 0.154 e. The van der Waals surface area contributed by atoms with Gasteiger partial charge in [0.2, 0.25) is 0 Å². The van der Waals surface area contributed by atoms with Crippen LogP contribution in [0.4, 0.5) is 0 Å². The zero-order valence-corrected chi connectivity index (χ0v) is 16.9. The van der Waals surface area contributed by atoms with Crippen LogP contribution >= 0.6 is 12.4 Å². The quantitative estimate of drug-likeness (QED) is 0.830. The van der Waals surface area contributed by atoms with Crippen LogP contribution in [0.2, 0.25) is 0 Å². The Morgan fingerprint density at radius 2 is 1.85 bits per heavy atom. The number of aryl methyl sites for hydroxylation is 1. The number of nitrogens with two attached hydrogens (primary N) is 1.